The summed E-state index contributed by atoms with van der Waals surface area (Å²) in [7, 11) is 0. The van der Waals surface area contributed by atoms with Gasteiger partial charge >= 0.3 is 0 Å². The second-order valence-electron chi connectivity index (χ2n) is 4.24. The number of hydrogen-bond acceptors (Lipinski definition) is 6. The first-order valence-electron chi connectivity index (χ1n) is 6.19. The highest BCUT2D eigenvalue weighted by atomic mass is 35.5. The fourth-order valence-corrected chi connectivity index (χ4v) is 3.71. The van der Waals surface area contributed by atoms with Crippen LogP contribution in [0.1, 0.15) is 0 Å². The summed E-state index contributed by atoms with van der Waals surface area (Å²) in [6, 6.07) is 6.84. The molecule has 118 valence electrons. The van der Waals surface area contributed by atoms with Crippen LogP contribution >= 0.6 is 58.3 Å². The van der Waals surface area contributed by atoms with Crippen molar-refractivity contribution in [1.29, 1.82) is 0 Å². The van der Waals surface area contributed by atoms with E-state index in [1.54, 1.807) is 24.3 Å². The SMILES string of the molecule is CSc1nc(Cl)cc(Sc2n[nH]c(-c3cc(Cl)cc(Cl)c3)n2)n1. The molecule has 0 aliphatic heterocycles. The molecule has 23 heavy (non-hydrogen) atoms. The molecule has 3 aromatic rings. The van der Waals surface area contributed by atoms with Crippen molar-refractivity contribution < 1.29 is 0 Å². The Bertz CT molecular complexity index is 835. The van der Waals surface area contributed by atoms with E-state index in [1.165, 1.54) is 23.5 Å². The Kier molecular flexibility index (Phi) is 5.33. The molecule has 3 rings (SSSR count). The molecule has 1 aromatic carbocycles. The lowest BCUT2D eigenvalue weighted by atomic mass is 10.2. The van der Waals surface area contributed by atoms with Gasteiger partial charge in [-0.3, -0.25) is 5.10 Å². The zero-order valence-electron chi connectivity index (χ0n) is 11.5. The highest BCUT2D eigenvalue weighted by molar-refractivity contribution is 7.99. The minimum absolute atomic E-state index is 0.379. The Morgan fingerprint density at radius 3 is 2.35 bits per heavy atom. The van der Waals surface area contributed by atoms with E-state index >= 15 is 0 Å². The number of benzene rings is 1. The van der Waals surface area contributed by atoms with Gasteiger partial charge in [0.25, 0.3) is 0 Å². The van der Waals surface area contributed by atoms with Crippen molar-refractivity contribution in [2.45, 2.75) is 15.3 Å². The number of aromatic amines is 1. The molecule has 0 saturated heterocycles. The van der Waals surface area contributed by atoms with Gasteiger partial charge in [0.1, 0.15) is 10.2 Å². The van der Waals surface area contributed by atoms with Gasteiger partial charge in [0.2, 0.25) is 5.16 Å². The average molecular weight is 405 g/mol. The standard InChI is InChI=1S/C13H8Cl3N5S2/c1-22-12-17-9(16)5-10(18-12)23-13-19-11(20-21-13)6-2-7(14)4-8(15)3-6/h2-5H,1H3,(H,19,20,21). The predicted octanol–water partition coefficient (Wildman–Crippen LogP) is 5.10. The number of H-pyrrole nitrogens is 1. The largest absolute Gasteiger partial charge is 0.258 e. The third-order valence-electron chi connectivity index (χ3n) is 2.63. The van der Waals surface area contributed by atoms with E-state index in [0.29, 0.717) is 36.4 Å². The van der Waals surface area contributed by atoms with Gasteiger partial charge in [-0.2, -0.15) is 0 Å². The van der Waals surface area contributed by atoms with E-state index in [4.69, 9.17) is 34.8 Å². The Labute approximate surface area is 155 Å². The molecule has 10 heteroatoms. The fraction of sp³-hybridized carbons (Fsp3) is 0.0769. The van der Waals surface area contributed by atoms with Crippen molar-refractivity contribution in [2.75, 3.05) is 6.26 Å². The Morgan fingerprint density at radius 1 is 0.913 bits per heavy atom. The second kappa shape index (κ2) is 7.27. The maximum Gasteiger partial charge on any atom is 0.215 e. The third kappa shape index (κ3) is 4.30. The molecule has 5 nitrogen and oxygen atoms in total. The molecule has 1 N–H and O–H groups in total. The molecular weight excluding hydrogens is 397 g/mol. The Hall–Kier alpha value is -0.990. The van der Waals surface area contributed by atoms with Crippen molar-refractivity contribution in [2.24, 2.45) is 0 Å². The summed E-state index contributed by atoms with van der Waals surface area (Å²) in [5.74, 6) is 0.571. The maximum absolute atomic E-state index is 6.00. The number of hydrogen-bond donors (Lipinski definition) is 1. The number of aromatic nitrogens is 5. The van der Waals surface area contributed by atoms with E-state index in [-0.39, 0.29) is 0 Å². The minimum Gasteiger partial charge on any atom is -0.258 e. The second-order valence-corrected chi connectivity index (χ2v) is 7.26. The molecule has 0 aliphatic carbocycles. The molecule has 0 atom stereocenters. The molecule has 0 aliphatic rings. The van der Waals surface area contributed by atoms with E-state index in [9.17, 15) is 0 Å². The average Bonchev–Trinajstić information content (AvgIpc) is 2.94. The van der Waals surface area contributed by atoms with Gasteiger partial charge in [0, 0.05) is 21.7 Å². The summed E-state index contributed by atoms with van der Waals surface area (Å²) in [6.07, 6.45) is 1.88. The number of thioether (sulfide) groups is 1. The number of rotatable bonds is 4. The maximum atomic E-state index is 6.00. The van der Waals surface area contributed by atoms with Crippen LogP contribution in [0.4, 0.5) is 0 Å². The molecule has 0 saturated carbocycles. The molecule has 0 spiro atoms. The van der Waals surface area contributed by atoms with Crippen molar-refractivity contribution in [1.82, 2.24) is 25.1 Å². The molecule has 2 aromatic heterocycles. The van der Waals surface area contributed by atoms with Gasteiger partial charge in [-0.25, -0.2) is 15.0 Å². The molecule has 0 bridgehead atoms. The van der Waals surface area contributed by atoms with Crippen molar-refractivity contribution >= 4 is 58.3 Å². The lowest BCUT2D eigenvalue weighted by Crippen LogP contribution is -1.89. The first-order valence-corrected chi connectivity index (χ1v) is 9.36. The highest BCUT2D eigenvalue weighted by Gasteiger charge is 2.11. The van der Waals surface area contributed by atoms with Crippen LogP contribution in [-0.4, -0.2) is 31.4 Å². The van der Waals surface area contributed by atoms with E-state index in [0.717, 1.165) is 5.56 Å². The lowest BCUT2D eigenvalue weighted by molar-refractivity contribution is 0.887. The molecular formula is C13H8Cl3N5S2. The molecule has 0 radical (unpaired) electrons. The molecule has 2 heterocycles. The number of halogens is 3. The highest BCUT2D eigenvalue weighted by Crippen LogP contribution is 2.29. The Morgan fingerprint density at radius 2 is 1.65 bits per heavy atom. The summed E-state index contributed by atoms with van der Waals surface area (Å²) in [4.78, 5) is 12.9. The third-order valence-corrected chi connectivity index (χ3v) is 4.59. The van der Waals surface area contributed by atoms with Crippen molar-refractivity contribution in [3.8, 4) is 11.4 Å². The van der Waals surface area contributed by atoms with E-state index in [1.807, 2.05) is 6.26 Å². The van der Waals surface area contributed by atoms with Gasteiger partial charge in [0.05, 0.1) is 0 Å². The normalized spacial score (nSPS) is 11.0. The summed E-state index contributed by atoms with van der Waals surface area (Å²) < 4.78 is 0. The quantitative estimate of drug-likeness (QED) is 0.371. The number of nitrogens with zero attached hydrogens (tertiary/aromatic N) is 4. The van der Waals surface area contributed by atoms with Crippen LogP contribution in [0, 0.1) is 0 Å². The monoisotopic (exact) mass is 403 g/mol. The van der Waals surface area contributed by atoms with Crippen LogP contribution in [-0.2, 0) is 0 Å². The molecule has 0 amide bonds. The molecule has 0 fully saturated rings. The van der Waals surface area contributed by atoms with Gasteiger partial charge in [-0.05, 0) is 36.2 Å². The van der Waals surface area contributed by atoms with Crippen LogP contribution in [0.25, 0.3) is 11.4 Å². The first kappa shape index (κ1) is 16.9. The summed E-state index contributed by atoms with van der Waals surface area (Å²) >= 11 is 20.7. The minimum atomic E-state index is 0.379. The lowest BCUT2D eigenvalue weighted by Gasteiger charge is -2.00. The molecule has 0 unspecified atom stereocenters. The Balaban J connectivity index is 1.86. The van der Waals surface area contributed by atoms with E-state index in [2.05, 4.69) is 25.1 Å². The fourth-order valence-electron chi connectivity index (χ4n) is 1.73. The summed E-state index contributed by atoms with van der Waals surface area (Å²) in [6.45, 7) is 0. The summed E-state index contributed by atoms with van der Waals surface area (Å²) in [5.41, 5.74) is 0.757. The van der Waals surface area contributed by atoms with Gasteiger partial charge in [-0.1, -0.05) is 46.6 Å². The zero-order valence-corrected chi connectivity index (χ0v) is 15.4. The van der Waals surface area contributed by atoms with Gasteiger partial charge < -0.3 is 0 Å². The van der Waals surface area contributed by atoms with Crippen molar-refractivity contribution in [3.05, 3.63) is 39.5 Å². The zero-order chi connectivity index (χ0) is 16.4. The van der Waals surface area contributed by atoms with Gasteiger partial charge in [0.15, 0.2) is 11.0 Å². The van der Waals surface area contributed by atoms with Gasteiger partial charge in [-0.15, -0.1) is 5.10 Å². The summed E-state index contributed by atoms with van der Waals surface area (Å²) in [5, 5.41) is 10.2. The van der Waals surface area contributed by atoms with Crippen LogP contribution in [0.3, 0.4) is 0 Å². The van der Waals surface area contributed by atoms with Crippen LogP contribution in [0.5, 0.6) is 0 Å². The predicted molar refractivity (Wildman–Crippen MR) is 94.8 cm³/mol. The first-order chi connectivity index (χ1) is 11.0. The van der Waals surface area contributed by atoms with Crippen LogP contribution < -0.4 is 0 Å². The topological polar surface area (TPSA) is 67.3 Å². The van der Waals surface area contributed by atoms with Crippen LogP contribution in [0.2, 0.25) is 15.2 Å². The number of nitrogens with one attached hydrogen (secondary N) is 1. The smallest absolute Gasteiger partial charge is 0.215 e. The van der Waals surface area contributed by atoms with Crippen LogP contribution in [0.15, 0.2) is 39.6 Å². The van der Waals surface area contributed by atoms with Crippen molar-refractivity contribution in [3.63, 3.8) is 0 Å². The van der Waals surface area contributed by atoms with E-state index < -0.39 is 0 Å².